The van der Waals surface area contributed by atoms with Crippen LogP contribution in [0.4, 0.5) is 5.00 Å². The summed E-state index contributed by atoms with van der Waals surface area (Å²) >= 11 is 1.25. The number of carbonyl (C=O) groups is 2. The molecule has 0 saturated carbocycles. The number of H-pyrrole nitrogens is 1. The molecule has 4 N–H and O–H groups in total. The minimum absolute atomic E-state index is 0.0420. The fourth-order valence-corrected chi connectivity index (χ4v) is 3.17. The largest absolute Gasteiger partial charge is 0.396 e. The number of anilines is 1. The molecule has 0 bridgehead atoms. The van der Waals surface area contributed by atoms with Crippen molar-refractivity contribution in [3.05, 3.63) is 40.5 Å². The number of fused-ring (bicyclic) bond motifs is 1. The van der Waals surface area contributed by atoms with E-state index in [9.17, 15) is 9.59 Å². The van der Waals surface area contributed by atoms with Crippen molar-refractivity contribution in [2.75, 3.05) is 18.5 Å². The standard InChI is InChI=1S/C15H15N3O3S/c19-6-2-5-17-14(21)12-8-11-10(7-9-3-1-4-16-9)13(20)18-15(11)22-12/h1,3-4,7-8,16,19H,2,5-6H2,(H,17,21)(H,18,20)/b10-7-. The summed E-state index contributed by atoms with van der Waals surface area (Å²) in [6, 6.07) is 5.45. The molecule has 0 saturated heterocycles. The van der Waals surface area contributed by atoms with Crippen LogP contribution in [-0.2, 0) is 4.79 Å². The number of aromatic nitrogens is 1. The third-order valence-electron chi connectivity index (χ3n) is 3.26. The molecule has 114 valence electrons. The molecule has 2 amide bonds. The van der Waals surface area contributed by atoms with Crippen molar-refractivity contribution in [3.63, 3.8) is 0 Å². The molecule has 7 heteroatoms. The molecule has 3 heterocycles. The van der Waals surface area contributed by atoms with Crippen LogP contribution in [0.15, 0.2) is 24.4 Å². The number of aliphatic hydroxyl groups is 1. The molecule has 0 radical (unpaired) electrons. The molecule has 3 rings (SSSR count). The van der Waals surface area contributed by atoms with Crippen LogP contribution in [-0.4, -0.2) is 35.1 Å². The summed E-state index contributed by atoms with van der Waals surface area (Å²) in [5.41, 5.74) is 2.12. The Kier molecular flexibility index (Phi) is 4.08. The van der Waals surface area contributed by atoms with E-state index in [2.05, 4.69) is 15.6 Å². The summed E-state index contributed by atoms with van der Waals surface area (Å²) in [4.78, 5) is 27.6. The van der Waals surface area contributed by atoms with Crippen molar-refractivity contribution in [1.29, 1.82) is 0 Å². The lowest BCUT2D eigenvalue weighted by Gasteiger charge is -2.01. The van der Waals surface area contributed by atoms with Gasteiger partial charge in [0, 0.05) is 30.6 Å². The van der Waals surface area contributed by atoms with E-state index in [1.165, 1.54) is 11.3 Å². The first-order chi connectivity index (χ1) is 10.7. The second-order valence-corrected chi connectivity index (χ2v) is 5.88. The van der Waals surface area contributed by atoms with Gasteiger partial charge in [0.1, 0.15) is 5.00 Å². The van der Waals surface area contributed by atoms with E-state index in [-0.39, 0.29) is 18.4 Å². The molecule has 1 aliphatic rings. The van der Waals surface area contributed by atoms with E-state index < -0.39 is 0 Å². The molecule has 0 aliphatic carbocycles. The fourth-order valence-electron chi connectivity index (χ4n) is 2.19. The zero-order valence-corrected chi connectivity index (χ0v) is 12.5. The molecule has 22 heavy (non-hydrogen) atoms. The topological polar surface area (TPSA) is 94.2 Å². The normalized spacial score (nSPS) is 15.0. The number of hydrogen-bond donors (Lipinski definition) is 4. The van der Waals surface area contributed by atoms with Gasteiger partial charge < -0.3 is 20.7 Å². The van der Waals surface area contributed by atoms with E-state index in [4.69, 9.17) is 5.11 Å². The SMILES string of the molecule is O=C1Nc2sc(C(=O)NCCCO)cc2/C1=C/c1ccc[nH]1. The number of aromatic amines is 1. The first-order valence-electron chi connectivity index (χ1n) is 6.88. The van der Waals surface area contributed by atoms with Crippen LogP contribution in [0.5, 0.6) is 0 Å². The second-order valence-electron chi connectivity index (χ2n) is 4.82. The smallest absolute Gasteiger partial charge is 0.261 e. The molecule has 0 spiro atoms. The summed E-state index contributed by atoms with van der Waals surface area (Å²) in [5.74, 6) is -0.357. The van der Waals surface area contributed by atoms with Gasteiger partial charge in [-0.05, 0) is 30.7 Å². The summed E-state index contributed by atoms with van der Waals surface area (Å²) < 4.78 is 0. The highest BCUT2D eigenvalue weighted by atomic mass is 32.1. The van der Waals surface area contributed by atoms with Gasteiger partial charge in [-0.25, -0.2) is 0 Å². The predicted octanol–water partition coefficient (Wildman–Crippen LogP) is 1.68. The van der Waals surface area contributed by atoms with Crippen molar-refractivity contribution in [1.82, 2.24) is 10.3 Å². The van der Waals surface area contributed by atoms with Crippen molar-refractivity contribution in [2.45, 2.75) is 6.42 Å². The summed E-state index contributed by atoms with van der Waals surface area (Å²) in [5, 5.41) is 14.9. The van der Waals surface area contributed by atoms with Gasteiger partial charge in [0.15, 0.2) is 0 Å². The Morgan fingerprint density at radius 3 is 3.05 bits per heavy atom. The van der Waals surface area contributed by atoms with Gasteiger partial charge in [-0.1, -0.05) is 0 Å². The quantitative estimate of drug-likeness (QED) is 0.499. The third-order valence-corrected chi connectivity index (χ3v) is 4.31. The first kappa shape index (κ1) is 14.6. The summed E-state index contributed by atoms with van der Waals surface area (Å²) in [7, 11) is 0. The van der Waals surface area contributed by atoms with Crippen molar-refractivity contribution in [2.24, 2.45) is 0 Å². The Morgan fingerprint density at radius 1 is 1.45 bits per heavy atom. The van der Waals surface area contributed by atoms with Gasteiger partial charge in [0.2, 0.25) is 0 Å². The Balaban J connectivity index is 1.83. The van der Waals surface area contributed by atoms with Crippen molar-refractivity contribution in [3.8, 4) is 0 Å². The number of nitrogens with one attached hydrogen (secondary N) is 3. The molecular weight excluding hydrogens is 302 g/mol. The van der Waals surface area contributed by atoms with Crippen LogP contribution >= 0.6 is 11.3 Å². The summed E-state index contributed by atoms with van der Waals surface area (Å²) in [6.07, 6.45) is 4.07. The van der Waals surface area contributed by atoms with Crippen LogP contribution in [0.2, 0.25) is 0 Å². The van der Waals surface area contributed by atoms with Gasteiger partial charge in [0.25, 0.3) is 11.8 Å². The van der Waals surface area contributed by atoms with Crippen LogP contribution in [0, 0.1) is 0 Å². The van der Waals surface area contributed by atoms with Crippen molar-refractivity contribution >= 4 is 39.8 Å². The maximum absolute atomic E-state index is 12.0. The lowest BCUT2D eigenvalue weighted by Crippen LogP contribution is -2.24. The number of aliphatic hydroxyl groups excluding tert-OH is 1. The predicted molar refractivity (Wildman–Crippen MR) is 85.6 cm³/mol. The Labute approximate surface area is 130 Å². The zero-order chi connectivity index (χ0) is 15.5. The number of carbonyl (C=O) groups excluding carboxylic acids is 2. The van der Waals surface area contributed by atoms with E-state index in [1.54, 1.807) is 18.3 Å². The molecule has 0 unspecified atom stereocenters. The van der Waals surface area contributed by atoms with Gasteiger partial charge in [-0.3, -0.25) is 9.59 Å². The average Bonchev–Trinajstić information content (AvgIpc) is 3.18. The maximum atomic E-state index is 12.0. The van der Waals surface area contributed by atoms with Gasteiger partial charge in [-0.2, -0.15) is 0 Å². The highest BCUT2D eigenvalue weighted by Gasteiger charge is 2.28. The molecule has 0 aromatic carbocycles. The molecule has 0 fully saturated rings. The molecule has 0 atom stereocenters. The van der Waals surface area contributed by atoms with E-state index >= 15 is 0 Å². The van der Waals surface area contributed by atoms with Gasteiger partial charge >= 0.3 is 0 Å². The van der Waals surface area contributed by atoms with Crippen LogP contribution in [0.1, 0.15) is 27.3 Å². The highest BCUT2D eigenvalue weighted by molar-refractivity contribution is 7.18. The molecular formula is C15H15N3O3S. The first-order valence-corrected chi connectivity index (χ1v) is 7.70. The Hall–Kier alpha value is -2.38. The highest BCUT2D eigenvalue weighted by Crippen LogP contribution is 2.39. The number of amides is 2. The third kappa shape index (κ3) is 2.81. The maximum Gasteiger partial charge on any atom is 0.261 e. The second kappa shape index (κ2) is 6.17. The summed E-state index contributed by atoms with van der Waals surface area (Å²) in [6.45, 7) is 0.468. The molecule has 1 aliphatic heterocycles. The number of rotatable bonds is 5. The lowest BCUT2D eigenvalue weighted by molar-refractivity contribution is -0.110. The molecule has 6 nitrogen and oxygen atoms in total. The number of thiophene rings is 1. The van der Waals surface area contributed by atoms with Crippen LogP contribution < -0.4 is 10.6 Å². The number of hydrogen-bond acceptors (Lipinski definition) is 4. The average molecular weight is 317 g/mol. The van der Waals surface area contributed by atoms with Crippen LogP contribution in [0.25, 0.3) is 11.6 Å². The van der Waals surface area contributed by atoms with Gasteiger partial charge in [0.05, 0.1) is 10.5 Å². The van der Waals surface area contributed by atoms with Gasteiger partial charge in [-0.15, -0.1) is 11.3 Å². The minimum atomic E-state index is -0.193. The molecule has 2 aromatic rings. The van der Waals surface area contributed by atoms with Crippen LogP contribution in [0.3, 0.4) is 0 Å². The Morgan fingerprint density at radius 2 is 2.32 bits per heavy atom. The van der Waals surface area contributed by atoms with E-state index in [1.807, 2.05) is 12.1 Å². The van der Waals surface area contributed by atoms with E-state index in [0.29, 0.717) is 28.4 Å². The zero-order valence-electron chi connectivity index (χ0n) is 11.7. The minimum Gasteiger partial charge on any atom is -0.396 e. The molecule has 2 aromatic heterocycles. The Bertz CT molecular complexity index is 731. The monoisotopic (exact) mass is 317 g/mol. The van der Waals surface area contributed by atoms with Crippen molar-refractivity contribution < 1.29 is 14.7 Å². The lowest BCUT2D eigenvalue weighted by atomic mass is 10.1. The van der Waals surface area contributed by atoms with E-state index in [0.717, 1.165) is 11.3 Å². The fraction of sp³-hybridized carbons (Fsp3) is 0.200.